The summed E-state index contributed by atoms with van der Waals surface area (Å²) in [5.74, 6) is -2.10. The van der Waals surface area contributed by atoms with Crippen LogP contribution in [0.15, 0.2) is 18.2 Å². The van der Waals surface area contributed by atoms with Crippen molar-refractivity contribution >= 4 is 12.3 Å². The van der Waals surface area contributed by atoms with Crippen molar-refractivity contribution in [1.29, 1.82) is 0 Å². The summed E-state index contributed by atoms with van der Waals surface area (Å²) < 4.78 is 51.0. The van der Waals surface area contributed by atoms with Crippen LogP contribution in [0.3, 0.4) is 0 Å². The van der Waals surface area contributed by atoms with Gasteiger partial charge in [-0.1, -0.05) is 0 Å². The average molecular weight is 318 g/mol. The zero-order valence-corrected chi connectivity index (χ0v) is 11.5. The van der Waals surface area contributed by atoms with Crippen molar-refractivity contribution in [3.8, 4) is 0 Å². The van der Waals surface area contributed by atoms with Gasteiger partial charge in [-0.15, -0.1) is 0 Å². The third kappa shape index (κ3) is 3.75. The first-order valence-corrected chi connectivity index (χ1v) is 6.68. The second-order valence-corrected chi connectivity index (χ2v) is 5.08. The third-order valence-electron chi connectivity index (χ3n) is 3.55. The molecule has 0 spiro atoms. The van der Waals surface area contributed by atoms with Crippen LogP contribution in [-0.2, 0) is 11.0 Å². The number of carbonyl (C=O) groups is 2. The van der Waals surface area contributed by atoms with Crippen molar-refractivity contribution in [1.82, 2.24) is 10.2 Å². The van der Waals surface area contributed by atoms with Crippen LogP contribution < -0.4 is 5.32 Å². The number of carbonyl (C=O) groups excluding carboxylic acids is 2. The van der Waals surface area contributed by atoms with Gasteiger partial charge in [0.15, 0.2) is 0 Å². The summed E-state index contributed by atoms with van der Waals surface area (Å²) in [6.45, 7) is 0.956. The summed E-state index contributed by atoms with van der Waals surface area (Å²) in [6.07, 6.45) is -3.08. The van der Waals surface area contributed by atoms with Crippen molar-refractivity contribution in [3.63, 3.8) is 0 Å². The van der Waals surface area contributed by atoms with E-state index in [2.05, 4.69) is 5.32 Å². The van der Waals surface area contributed by atoms with Crippen LogP contribution in [0.1, 0.15) is 28.8 Å². The number of nitrogens with zero attached hydrogens (tertiary/aromatic N) is 1. The molecule has 1 saturated heterocycles. The number of hydrogen-bond donors (Lipinski definition) is 1. The molecular formula is C14H14F4N2O2. The molecule has 8 heteroatoms. The van der Waals surface area contributed by atoms with Gasteiger partial charge >= 0.3 is 6.18 Å². The highest BCUT2D eigenvalue weighted by molar-refractivity contribution is 5.94. The fraction of sp³-hybridized carbons (Fsp3) is 0.429. The van der Waals surface area contributed by atoms with Gasteiger partial charge in [0.05, 0.1) is 5.56 Å². The Morgan fingerprint density at radius 2 is 1.91 bits per heavy atom. The summed E-state index contributed by atoms with van der Waals surface area (Å²) in [6, 6.07) is 1.93. The largest absolute Gasteiger partial charge is 0.419 e. The highest BCUT2D eigenvalue weighted by Crippen LogP contribution is 2.31. The Bertz CT molecular complexity index is 566. The third-order valence-corrected chi connectivity index (χ3v) is 3.55. The SMILES string of the molecule is O=CN1CCC(NC(=O)c2ccc(F)c(C(F)(F)F)c2)CC1. The highest BCUT2D eigenvalue weighted by Gasteiger charge is 2.34. The van der Waals surface area contributed by atoms with Crippen molar-refractivity contribution in [2.45, 2.75) is 25.1 Å². The smallest absolute Gasteiger partial charge is 0.349 e. The molecule has 120 valence electrons. The van der Waals surface area contributed by atoms with Gasteiger partial charge in [-0.2, -0.15) is 13.2 Å². The molecule has 1 aliphatic heterocycles. The van der Waals surface area contributed by atoms with E-state index in [1.54, 1.807) is 4.90 Å². The summed E-state index contributed by atoms with van der Waals surface area (Å²) in [5, 5.41) is 2.61. The van der Waals surface area contributed by atoms with Crippen LogP contribution in [0.2, 0.25) is 0 Å². The van der Waals surface area contributed by atoms with Gasteiger partial charge in [0.1, 0.15) is 5.82 Å². The monoisotopic (exact) mass is 318 g/mol. The molecule has 0 aliphatic carbocycles. The van der Waals surface area contributed by atoms with Crippen LogP contribution in [0.5, 0.6) is 0 Å². The maximum atomic E-state index is 13.2. The van der Waals surface area contributed by atoms with E-state index in [1.807, 2.05) is 0 Å². The van der Waals surface area contributed by atoms with E-state index in [0.717, 1.165) is 6.07 Å². The Morgan fingerprint density at radius 1 is 1.27 bits per heavy atom. The average Bonchev–Trinajstić information content (AvgIpc) is 2.47. The van der Waals surface area contributed by atoms with E-state index >= 15 is 0 Å². The summed E-state index contributed by atoms with van der Waals surface area (Å²) >= 11 is 0. The minimum Gasteiger partial charge on any atom is -0.349 e. The van der Waals surface area contributed by atoms with E-state index in [4.69, 9.17) is 0 Å². The van der Waals surface area contributed by atoms with E-state index in [9.17, 15) is 27.2 Å². The zero-order chi connectivity index (χ0) is 16.3. The Hall–Kier alpha value is -2.12. The lowest BCUT2D eigenvalue weighted by molar-refractivity contribution is -0.140. The summed E-state index contributed by atoms with van der Waals surface area (Å²) in [5.41, 5.74) is -1.71. The van der Waals surface area contributed by atoms with Crippen LogP contribution >= 0.6 is 0 Å². The van der Waals surface area contributed by atoms with Gasteiger partial charge in [0.2, 0.25) is 6.41 Å². The van der Waals surface area contributed by atoms with Crippen LogP contribution in [0, 0.1) is 5.82 Å². The van der Waals surface area contributed by atoms with Crippen molar-refractivity contribution < 1.29 is 27.2 Å². The van der Waals surface area contributed by atoms with E-state index < -0.39 is 23.5 Å². The number of amides is 2. The molecule has 2 rings (SSSR count). The molecule has 1 heterocycles. The molecule has 22 heavy (non-hydrogen) atoms. The molecule has 0 radical (unpaired) electrons. The first kappa shape index (κ1) is 16.3. The molecule has 2 amide bonds. The first-order chi connectivity index (χ1) is 10.3. The Morgan fingerprint density at radius 3 is 2.45 bits per heavy atom. The van der Waals surface area contributed by atoms with Crippen LogP contribution in [-0.4, -0.2) is 36.3 Å². The minimum atomic E-state index is -4.85. The van der Waals surface area contributed by atoms with E-state index in [-0.39, 0.29) is 11.6 Å². The fourth-order valence-electron chi connectivity index (χ4n) is 2.30. The van der Waals surface area contributed by atoms with Crippen molar-refractivity contribution in [3.05, 3.63) is 35.1 Å². The molecule has 0 bridgehead atoms. The molecule has 0 saturated carbocycles. The van der Waals surface area contributed by atoms with Gasteiger partial charge in [-0.3, -0.25) is 9.59 Å². The van der Waals surface area contributed by atoms with E-state index in [0.29, 0.717) is 44.5 Å². The zero-order valence-electron chi connectivity index (χ0n) is 11.5. The molecule has 0 unspecified atom stereocenters. The number of nitrogens with one attached hydrogen (secondary N) is 1. The minimum absolute atomic E-state index is 0.219. The Balaban J connectivity index is 2.06. The van der Waals surface area contributed by atoms with Gasteiger partial charge in [0.25, 0.3) is 5.91 Å². The quantitative estimate of drug-likeness (QED) is 0.686. The van der Waals surface area contributed by atoms with Gasteiger partial charge in [-0.05, 0) is 31.0 Å². The maximum Gasteiger partial charge on any atom is 0.419 e. The number of alkyl halides is 3. The maximum absolute atomic E-state index is 13.2. The molecule has 1 N–H and O–H groups in total. The molecule has 4 nitrogen and oxygen atoms in total. The summed E-state index contributed by atoms with van der Waals surface area (Å²) in [4.78, 5) is 24.1. The molecule has 0 aromatic heterocycles. The standard InChI is InChI=1S/C14H14F4N2O2/c15-12-2-1-9(7-11(12)14(16,17)18)13(22)19-10-3-5-20(8-21)6-4-10/h1-2,7-8,10H,3-6H2,(H,19,22). The van der Waals surface area contributed by atoms with Gasteiger partial charge in [0, 0.05) is 24.7 Å². The predicted octanol–water partition coefficient (Wildman–Crippen LogP) is 2.20. The molecule has 1 fully saturated rings. The topological polar surface area (TPSA) is 49.4 Å². The normalized spacial score (nSPS) is 16.5. The predicted molar refractivity (Wildman–Crippen MR) is 69.5 cm³/mol. The molecule has 0 atom stereocenters. The Kier molecular flexibility index (Phi) is 4.68. The number of likely N-dealkylation sites (tertiary alicyclic amines) is 1. The van der Waals surface area contributed by atoms with Gasteiger partial charge in [-0.25, -0.2) is 4.39 Å². The number of halogens is 4. The number of piperidine rings is 1. The van der Waals surface area contributed by atoms with Crippen molar-refractivity contribution in [2.75, 3.05) is 13.1 Å². The molecule has 1 aliphatic rings. The lowest BCUT2D eigenvalue weighted by Crippen LogP contribution is -2.44. The molecular weight excluding hydrogens is 304 g/mol. The lowest BCUT2D eigenvalue weighted by Gasteiger charge is -2.29. The highest BCUT2D eigenvalue weighted by atomic mass is 19.4. The number of benzene rings is 1. The lowest BCUT2D eigenvalue weighted by atomic mass is 10.0. The molecule has 1 aromatic rings. The second kappa shape index (κ2) is 6.33. The number of rotatable bonds is 3. The van der Waals surface area contributed by atoms with Crippen LogP contribution in [0.4, 0.5) is 17.6 Å². The fourth-order valence-corrected chi connectivity index (χ4v) is 2.30. The summed E-state index contributed by atoms with van der Waals surface area (Å²) in [7, 11) is 0. The Labute approximate surface area is 124 Å². The van der Waals surface area contributed by atoms with E-state index in [1.165, 1.54) is 0 Å². The number of hydrogen-bond acceptors (Lipinski definition) is 2. The molecule has 1 aromatic carbocycles. The first-order valence-electron chi connectivity index (χ1n) is 6.68. The van der Waals surface area contributed by atoms with Crippen LogP contribution in [0.25, 0.3) is 0 Å². The van der Waals surface area contributed by atoms with Gasteiger partial charge < -0.3 is 10.2 Å². The second-order valence-electron chi connectivity index (χ2n) is 5.08. The van der Waals surface area contributed by atoms with Crippen molar-refractivity contribution in [2.24, 2.45) is 0 Å².